The van der Waals surface area contributed by atoms with Gasteiger partial charge in [0.2, 0.25) is 0 Å². The van der Waals surface area contributed by atoms with E-state index < -0.39 is 0 Å². The molecule has 2 heterocycles. The lowest BCUT2D eigenvalue weighted by atomic mass is 10.00. The molecule has 0 aliphatic rings. The van der Waals surface area contributed by atoms with Crippen LogP contribution in [0.1, 0.15) is 0 Å². The van der Waals surface area contributed by atoms with Crippen LogP contribution in [0.4, 0.5) is 51.2 Å². The SMILES string of the molecule is c1ccc(N(c2ccc(-c3cc(N(c4ccccc4)c4ccccc4)c4c(c3)sc3ccccc34)cc2)c2cccc3c2sc2cccc(N(c4ccccc4)c4ccccc4)c23)cc1. The highest BCUT2D eigenvalue weighted by molar-refractivity contribution is 7.26. The zero-order valence-electron chi connectivity index (χ0n) is 35.3. The van der Waals surface area contributed by atoms with Gasteiger partial charge in [-0.05, 0) is 120 Å². The molecule has 0 fully saturated rings. The van der Waals surface area contributed by atoms with Crippen molar-refractivity contribution in [2.75, 3.05) is 14.7 Å². The molecule has 0 aliphatic carbocycles. The molecule has 3 nitrogen and oxygen atoms in total. The molecule has 0 bridgehead atoms. The van der Waals surface area contributed by atoms with E-state index in [9.17, 15) is 0 Å². The number of hydrogen-bond donors (Lipinski definition) is 0. The number of anilines is 9. The van der Waals surface area contributed by atoms with Gasteiger partial charge in [-0.25, -0.2) is 0 Å². The summed E-state index contributed by atoms with van der Waals surface area (Å²) >= 11 is 3.72. The summed E-state index contributed by atoms with van der Waals surface area (Å²) in [7, 11) is 0. The van der Waals surface area contributed by atoms with Crippen LogP contribution in [-0.2, 0) is 0 Å². The Morgan fingerprint density at radius 2 is 0.662 bits per heavy atom. The van der Waals surface area contributed by atoms with Gasteiger partial charge in [-0.3, -0.25) is 0 Å². The van der Waals surface area contributed by atoms with E-state index in [4.69, 9.17) is 0 Å². The summed E-state index contributed by atoms with van der Waals surface area (Å²) in [6.07, 6.45) is 0. The summed E-state index contributed by atoms with van der Waals surface area (Å²) < 4.78 is 5.04. The van der Waals surface area contributed by atoms with Gasteiger partial charge >= 0.3 is 0 Å². The van der Waals surface area contributed by atoms with Crippen LogP contribution < -0.4 is 14.7 Å². The zero-order valence-corrected chi connectivity index (χ0v) is 37.0. The van der Waals surface area contributed by atoms with E-state index in [2.05, 4.69) is 263 Å². The Balaban J connectivity index is 1.01. The Hall–Kier alpha value is -7.96. The van der Waals surface area contributed by atoms with Gasteiger partial charge in [0, 0.05) is 69.8 Å². The van der Waals surface area contributed by atoms with Crippen LogP contribution in [0.2, 0.25) is 0 Å². The molecule has 12 aromatic rings. The molecule has 12 rings (SSSR count). The lowest BCUT2D eigenvalue weighted by Gasteiger charge is -2.27. The van der Waals surface area contributed by atoms with Crippen molar-refractivity contribution < 1.29 is 0 Å². The predicted molar refractivity (Wildman–Crippen MR) is 282 cm³/mol. The minimum absolute atomic E-state index is 1.10. The third-order valence-corrected chi connectivity index (χ3v) is 14.5. The van der Waals surface area contributed by atoms with Crippen molar-refractivity contribution in [1.29, 1.82) is 0 Å². The van der Waals surface area contributed by atoms with E-state index in [0.717, 1.165) is 56.7 Å². The van der Waals surface area contributed by atoms with Gasteiger partial charge in [0.15, 0.2) is 0 Å². The highest BCUT2D eigenvalue weighted by Gasteiger charge is 2.24. The smallest absolute Gasteiger partial charge is 0.0640 e. The van der Waals surface area contributed by atoms with Crippen LogP contribution in [0, 0.1) is 0 Å². The first-order valence-corrected chi connectivity index (χ1v) is 23.6. The molecule has 0 unspecified atom stereocenters. The van der Waals surface area contributed by atoms with E-state index in [0.29, 0.717) is 0 Å². The largest absolute Gasteiger partial charge is 0.310 e. The second-order valence-electron chi connectivity index (χ2n) is 16.1. The van der Waals surface area contributed by atoms with Crippen molar-refractivity contribution >= 4 is 114 Å². The molecule has 0 saturated heterocycles. The van der Waals surface area contributed by atoms with E-state index in [1.807, 2.05) is 22.7 Å². The molecule has 5 heteroatoms. The van der Waals surface area contributed by atoms with Gasteiger partial charge in [0.05, 0.1) is 21.8 Å². The van der Waals surface area contributed by atoms with E-state index in [-0.39, 0.29) is 0 Å². The van der Waals surface area contributed by atoms with Gasteiger partial charge < -0.3 is 14.7 Å². The second-order valence-corrected chi connectivity index (χ2v) is 18.2. The van der Waals surface area contributed by atoms with Gasteiger partial charge in [0.1, 0.15) is 0 Å². The number of rotatable bonds is 10. The van der Waals surface area contributed by atoms with Gasteiger partial charge in [-0.2, -0.15) is 0 Å². The third-order valence-electron chi connectivity index (χ3n) is 12.2. The summed E-state index contributed by atoms with van der Waals surface area (Å²) in [6.45, 7) is 0. The average molecular weight is 868 g/mol. The predicted octanol–water partition coefficient (Wildman–Crippen LogP) is 18.5. The first kappa shape index (κ1) is 38.7. The van der Waals surface area contributed by atoms with Gasteiger partial charge in [0.25, 0.3) is 0 Å². The molecule has 65 heavy (non-hydrogen) atoms. The summed E-state index contributed by atoms with van der Waals surface area (Å²) in [4.78, 5) is 7.21. The summed E-state index contributed by atoms with van der Waals surface area (Å²) in [5.41, 5.74) is 12.5. The standard InChI is InChI=1S/C60H41N3S2/c1-6-20-44(21-7-1)61(45-22-8-2-9-23-45)52-32-19-35-56-59(52)51-31-18-33-53(60(51)65-56)62(46-24-10-3-11-25-46)49-38-36-42(37-39-49)43-40-54(58-50-30-16-17-34-55(50)64-57(58)41-43)63(47-26-12-4-13-27-47)48-28-14-5-15-29-48/h1-41H. The molecule has 0 radical (unpaired) electrons. The molecule has 2 aromatic heterocycles. The first-order valence-electron chi connectivity index (χ1n) is 21.9. The fraction of sp³-hybridized carbons (Fsp3) is 0. The number of thiophene rings is 2. The highest BCUT2D eigenvalue weighted by Crippen LogP contribution is 2.50. The number of para-hydroxylation sites is 5. The van der Waals surface area contributed by atoms with Crippen molar-refractivity contribution in [2.45, 2.75) is 0 Å². The number of nitrogens with zero attached hydrogens (tertiary/aromatic N) is 3. The minimum atomic E-state index is 1.10. The van der Waals surface area contributed by atoms with Crippen molar-refractivity contribution in [3.8, 4) is 11.1 Å². The molecule has 0 atom stereocenters. The van der Waals surface area contributed by atoms with Crippen LogP contribution in [0.5, 0.6) is 0 Å². The van der Waals surface area contributed by atoms with E-state index in [1.54, 1.807) is 0 Å². The Labute approximate surface area is 386 Å². The molecular weight excluding hydrogens is 827 g/mol. The quantitative estimate of drug-likeness (QED) is 0.136. The molecule has 0 spiro atoms. The van der Waals surface area contributed by atoms with Crippen LogP contribution >= 0.6 is 22.7 Å². The number of hydrogen-bond acceptors (Lipinski definition) is 5. The monoisotopic (exact) mass is 867 g/mol. The molecule has 0 saturated carbocycles. The van der Waals surface area contributed by atoms with Gasteiger partial charge in [-0.15, -0.1) is 22.7 Å². The van der Waals surface area contributed by atoms with E-state index in [1.165, 1.54) is 45.9 Å². The Bertz CT molecular complexity index is 3510. The topological polar surface area (TPSA) is 9.72 Å². The summed E-state index contributed by atoms with van der Waals surface area (Å²) in [6, 6.07) is 89.8. The maximum absolute atomic E-state index is 2.42. The first-order chi connectivity index (χ1) is 32.3. The summed E-state index contributed by atoms with van der Waals surface area (Å²) in [5.74, 6) is 0. The lowest BCUT2D eigenvalue weighted by molar-refractivity contribution is 1.30. The normalized spacial score (nSPS) is 11.4. The highest BCUT2D eigenvalue weighted by atomic mass is 32.1. The Morgan fingerprint density at radius 3 is 1.23 bits per heavy atom. The Morgan fingerprint density at radius 1 is 0.246 bits per heavy atom. The van der Waals surface area contributed by atoms with E-state index >= 15 is 0 Å². The fourth-order valence-corrected chi connectivity index (χ4v) is 11.7. The van der Waals surface area contributed by atoms with Crippen molar-refractivity contribution in [3.05, 3.63) is 249 Å². The van der Waals surface area contributed by atoms with Crippen molar-refractivity contribution in [1.82, 2.24) is 0 Å². The number of benzene rings is 10. The third kappa shape index (κ3) is 6.99. The number of fused-ring (bicyclic) bond motifs is 6. The molecule has 0 aliphatic heterocycles. The fourth-order valence-electron chi connectivity index (χ4n) is 9.32. The second kappa shape index (κ2) is 16.6. The van der Waals surface area contributed by atoms with Crippen molar-refractivity contribution in [2.24, 2.45) is 0 Å². The van der Waals surface area contributed by atoms with Crippen LogP contribution in [0.15, 0.2) is 249 Å². The Kier molecular flexibility index (Phi) is 9.90. The molecular formula is C60H41N3S2. The van der Waals surface area contributed by atoms with Crippen LogP contribution in [0.3, 0.4) is 0 Å². The van der Waals surface area contributed by atoms with Crippen LogP contribution in [-0.4, -0.2) is 0 Å². The summed E-state index contributed by atoms with van der Waals surface area (Å²) in [5, 5.41) is 5.02. The maximum Gasteiger partial charge on any atom is 0.0640 e. The average Bonchev–Trinajstić information content (AvgIpc) is 3.96. The van der Waals surface area contributed by atoms with Crippen molar-refractivity contribution in [3.63, 3.8) is 0 Å². The van der Waals surface area contributed by atoms with Gasteiger partial charge in [-0.1, -0.05) is 140 Å². The molecule has 10 aromatic carbocycles. The molecule has 0 amide bonds. The zero-order chi connectivity index (χ0) is 43.1. The maximum atomic E-state index is 2.42. The van der Waals surface area contributed by atoms with Crippen LogP contribution in [0.25, 0.3) is 51.5 Å². The lowest BCUT2D eigenvalue weighted by Crippen LogP contribution is -2.10. The molecule has 0 N–H and O–H groups in total. The molecule has 308 valence electrons. The minimum Gasteiger partial charge on any atom is -0.310 e.